The summed E-state index contributed by atoms with van der Waals surface area (Å²) in [6.45, 7) is 3.89. The lowest BCUT2D eigenvalue weighted by atomic mass is 10.2. The monoisotopic (exact) mass is 478 g/mol. The fourth-order valence-electron chi connectivity index (χ4n) is 3.24. The van der Waals surface area contributed by atoms with Gasteiger partial charge in [0.25, 0.3) is 5.91 Å². The van der Waals surface area contributed by atoms with Crippen molar-refractivity contribution in [1.82, 2.24) is 9.62 Å². The molecule has 1 amide bonds. The zero-order valence-electron chi connectivity index (χ0n) is 18.9. The van der Waals surface area contributed by atoms with Gasteiger partial charge in [0, 0.05) is 13.1 Å². The summed E-state index contributed by atoms with van der Waals surface area (Å²) in [5.74, 6) is 1.58. The van der Waals surface area contributed by atoms with Crippen LogP contribution in [0.2, 0.25) is 0 Å². The summed E-state index contributed by atoms with van der Waals surface area (Å²) in [7, 11) is -1.95. The second-order valence-corrected chi connectivity index (χ2v) is 9.26. The van der Waals surface area contributed by atoms with Crippen molar-refractivity contribution < 1.29 is 32.2 Å². The van der Waals surface area contributed by atoms with Gasteiger partial charge in [-0.1, -0.05) is 6.92 Å². The average Bonchev–Trinajstić information content (AvgIpc) is 2.86. The number of ether oxygens (including phenoxy) is 4. The molecule has 0 radical (unpaired) electrons. The fraction of sp³-hybridized carbons (Fsp3) is 0.435. The van der Waals surface area contributed by atoms with Crippen LogP contribution in [0, 0.1) is 0 Å². The molecule has 0 bridgehead atoms. The van der Waals surface area contributed by atoms with Gasteiger partial charge in [0.05, 0.1) is 31.8 Å². The fourth-order valence-corrected chi connectivity index (χ4v) is 4.65. The Morgan fingerprint density at radius 3 is 2.24 bits per heavy atom. The smallest absolute Gasteiger partial charge is 0.261 e. The van der Waals surface area contributed by atoms with Crippen molar-refractivity contribution in [3.63, 3.8) is 0 Å². The second-order valence-electron chi connectivity index (χ2n) is 7.32. The van der Waals surface area contributed by atoms with Crippen LogP contribution in [-0.2, 0) is 19.6 Å². The minimum absolute atomic E-state index is 0.214. The number of carbonyl (C=O) groups excluding carboxylic acids is 1. The van der Waals surface area contributed by atoms with Crippen LogP contribution < -0.4 is 19.5 Å². The van der Waals surface area contributed by atoms with Crippen molar-refractivity contribution in [3.05, 3.63) is 48.5 Å². The first kappa shape index (κ1) is 24.8. The van der Waals surface area contributed by atoms with Crippen molar-refractivity contribution in [2.24, 2.45) is 0 Å². The maximum Gasteiger partial charge on any atom is 0.261 e. The van der Waals surface area contributed by atoms with E-state index in [1.165, 1.54) is 16.4 Å². The molecular weight excluding hydrogens is 448 g/mol. The van der Waals surface area contributed by atoms with E-state index in [4.69, 9.17) is 18.9 Å². The maximum atomic E-state index is 12.7. The molecule has 1 aliphatic rings. The van der Waals surface area contributed by atoms with Gasteiger partial charge in [-0.2, -0.15) is 4.31 Å². The molecule has 10 heteroatoms. The summed E-state index contributed by atoms with van der Waals surface area (Å²) >= 11 is 0. The van der Waals surface area contributed by atoms with Gasteiger partial charge in [0.15, 0.2) is 6.10 Å². The minimum Gasteiger partial charge on any atom is -0.497 e. The number of benzene rings is 2. The van der Waals surface area contributed by atoms with Crippen LogP contribution in [0.3, 0.4) is 0 Å². The molecule has 1 atom stereocenters. The van der Waals surface area contributed by atoms with Gasteiger partial charge in [-0.25, -0.2) is 8.42 Å². The van der Waals surface area contributed by atoms with Crippen molar-refractivity contribution in [2.75, 3.05) is 46.6 Å². The average molecular weight is 479 g/mol. The summed E-state index contributed by atoms with van der Waals surface area (Å²) < 4.78 is 48.4. The quantitative estimate of drug-likeness (QED) is 0.493. The zero-order valence-corrected chi connectivity index (χ0v) is 19.7. The Morgan fingerprint density at radius 1 is 1.03 bits per heavy atom. The predicted octanol–water partition coefficient (Wildman–Crippen LogP) is 2.07. The molecule has 9 nitrogen and oxygen atoms in total. The Morgan fingerprint density at radius 2 is 1.64 bits per heavy atom. The lowest BCUT2D eigenvalue weighted by Gasteiger charge is -2.26. The Balaban J connectivity index is 1.44. The molecule has 0 saturated carbocycles. The van der Waals surface area contributed by atoms with Gasteiger partial charge >= 0.3 is 0 Å². The molecule has 1 saturated heterocycles. The molecule has 180 valence electrons. The van der Waals surface area contributed by atoms with Crippen molar-refractivity contribution >= 4 is 15.9 Å². The Bertz CT molecular complexity index is 988. The first-order valence-electron chi connectivity index (χ1n) is 10.8. The lowest BCUT2D eigenvalue weighted by Crippen LogP contribution is -2.40. The summed E-state index contributed by atoms with van der Waals surface area (Å²) in [4.78, 5) is 12.6. The Hall–Kier alpha value is -2.82. The minimum atomic E-state index is -3.54. The number of morpholine rings is 1. The van der Waals surface area contributed by atoms with Crippen LogP contribution >= 0.6 is 0 Å². The molecule has 0 aliphatic carbocycles. The van der Waals surface area contributed by atoms with Crippen LogP contribution in [0.1, 0.15) is 13.3 Å². The Labute approximate surface area is 194 Å². The maximum absolute atomic E-state index is 12.7. The van der Waals surface area contributed by atoms with Crippen LogP contribution in [0.15, 0.2) is 53.4 Å². The highest BCUT2D eigenvalue weighted by molar-refractivity contribution is 7.89. The molecule has 3 rings (SSSR count). The van der Waals surface area contributed by atoms with E-state index >= 15 is 0 Å². The number of carbonyl (C=O) groups is 1. The van der Waals surface area contributed by atoms with Gasteiger partial charge in [-0.3, -0.25) is 4.79 Å². The van der Waals surface area contributed by atoms with E-state index in [9.17, 15) is 13.2 Å². The third kappa shape index (κ3) is 6.83. The molecule has 0 unspecified atom stereocenters. The largest absolute Gasteiger partial charge is 0.497 e. The number of amides is 1. The number of sulfonamides is 1. The number of nitrogens with zero attached hydrogens (tertiary/aromatic N) is 1. The normalized spacial score (nSPS) is 15.5. The van der Waals surface area contributed by atoms with Crippen LogP contribution in [0.25, 0.3) is 0 Å². The SMILES string of the molecule is CC[C@H](Oc1ccc(OC)cc1)C(=O)NCCOc1ccc(S(=O)(=O)N2CCOCC2)cc1. The summed E-state index contributed by atoms with van der Waals surface area (Å²) in [5, 5.41) is 2.80. The van der Waals surface area contributed by atoms with E-state index < -0.39 is 16.1 Å². The molecule has 1 N–H and O–H groups in total. The number of nitrogens with one attached hydrogen (secondary N) is 1. The first-order chi connectivity index (χ1) is 15.9. The van der Waals surface area contributed by atoms with Crippen LogP contribution in [0.5, 0.6) is 17.2 Å². The number of methoxy groups -OCH3 is 1. The lowest BCUT2D eigenvalue weighted by molar-refractivity contribution is -0.128. The highest BCUT2D eigenvalue weighted by Crippen LogP contribution is 2.21. The van der Waals surface area contributed by atoms with E-state index in [-0.39, 0.29) is 24.0 Å². The van der Waals surface area contributed by atoms with Crippen LogP contribution in [-0.4, -0.2) is 71.3 Å². The summed E-state index contributed by atoms with van der Waals surface area (Å²) in [5.41, 5.74) is 0. The zero-order chi connectivity index (χ0) is 23.7. The van der Waals surface area contributed by atoms with E-state index in [0.29, 0.717) is 50.0 Å². The molecule has 2 aromatic carbocycles. The van der Waals surface area contributed by atoms with Crippen molar-refractivity contribution in [3.8, 4) is 17.2 Å². The molecule has 1 aliphatic heterocycles. The van der Waals surface area contributed by atoms with Crippen molar-refractivity contribution in [1.29, 1.82) is 0 Å². The molecule has 1 fully saturated rings. The van der Waals surface area contributed by atoms with E-state index in [1.54, 1.807) is 43.5 Å². The van der Waals surface area contributed by atoms with Crippen LogP contribution in [0.4, 0.5) is 0 Å². The van der Waals surface area contributed by atoms with E-state index in [1.807, 2.05) is 6.92 Å². The van der Waals surface area contributed by atoms with Gasteiger partial charge in [-0.05, 0) is 55.0 Å². The van der Waals surface area contributed by atoms with Gasteiger partial charge in [-0.15, -0.1) is 0 Å². The number of hydrogen-bond acceptors (Lipinski definition) is 7. The standard InChI is InChI=1S/C23H30N2O7S/c1-3-22(32-20-6-4-18(29-2)5-7-20)23(26)24-12-15-31-19-8-10-21(11-9-19)33(27,28)25-13-16-30-17-14-25/h4-11,22H,3,12-17H2,1-2H3,(H,24,26)/t22-/m0/s1. The topological polar surface area (TPSA) is 103 Å². The van der Waals surface area contributed by atoms with E-state index in [0.717, 1.165) is 0 Å². The number of hydrogen-bond donors (Lipinski definition) is 1. The molecule has 0 aromatic heterocycles. The first-order valence-corrected chi connectivity index (χ1v) is 12.3. The summed E-state index contributed by atoms with van der Waals surface area (Å²) in [6.07, 6.45) is -0.110. The van der Waals surface area contributed by atoms with Gasteiger partial charge < -0.3 is 24.3 Å². The number of rotatable bonds is 11. The van der Waals surface area contributed by atoms with E-state index in [2.05, 4.69) is 5.32 Å². The van der Waals surface area contributed by atoms with Crippen molar-refractivity contribution in [2.45, 2.75) is 24.3 Å². The molecule has 33 heavy (non-hydrogen) atoms. The van der Waals surface area contributed by atoms with Gasteiger partial charge in [0.2, 0.25) is 10.0 Å². The molecule has 1 heterocycles. The second kappa shape index (κ2) is 11.9. The Kier molecular flexibility index (Phi) is 8.93. The van der Waals surface area contributed by atoms with Gasteiger partial charge in [0.1, 0.15) is 23.9 Å². The summed E-state index contributed by atoms with van der Waals surface area (Å²) in [6, 6.07) is 13.3. The molecular formula is C23H30N2O7S. The third-order valence-corrected chi connectivity index (χ3v) is 7.02. The molecule has 0 spiro atoms. The molecule has 2 aromatic rings. The highest BCUT2D eigenvalue weighted by atomic mass is 32.2. The highest BCUT2D eigenvalue weighted by Gasteiger charge is 2.26. The predicted molar refractivity (Wildman–Crippen MR) is 122 cm³/mol. The third-order valence-electron chi connectivity index (χ3n) is 5.10.